The number of unbranched alkanes of at least 4 members (excludes halogenated alkanes) is 8. The van der Waals surface area contributed by atoms with Crippen LogP contribution in [0.4, 0.5) is 0 Å². The average Bonchev–Trinajstić information content (AvgIpc) is 2.48. The molecule has 0 amide bonds. The summed E-state index contributed by atoms with van der Waals surface area (Å²) in [5.41, 5.74) is 0. The summed E-state index contributed by atoms with van der Waals surface area (Å²) in [6, 6.07) is 0. The van der Waals surface area contributed by atoms with Gasteiger partial charge in [-0.1, -0.05) is 44.6 Å². The molecule has 0 atom stereocenters. The Bertz CT molecular complexity index is 101. The minimum absolute atomic E-state index is 0. The van der Waals surface area contributed by atoms with Crippen molar-refractivity contribution in [2.45, 2.75) is 57.8 Å². The summed E-state index contributed by atoms with van der Waals surface area (Å²) in [4.78, 5) is 0. The second-order valence-corrected chi connectivity index (χ2v) is 3.41. The zero-order valence-corrected chi connectivity index (χ0v) is 14.8. The predicted molar refractivity (Wildman–Crippen MR) is 81.5 cm³/mol. The van der Waals surface area contributed by atoms with Crippen LogP contribution in [0.5, 0.6) is 0 Å². The molecule has 0 radical (unpaired) electrons. The maximum Gasteiger partial charge on any atom is 0.0319 e. The van der Waals surface area contributed by atoms with Gasteiger partial charge >= 0.3 is 0 Å². The van der Waals surface area contributed by atoms with Gasteiger partial charge in [0.2, 0.25) is 0 Å². The van der Waals surface area contributed by atoms with Crippen LogP contribution in [-0.2, 0) is 21.7 Å². The first-order chi connectivity index (χ1) is 8.91. The molecular formula is C15H35O3Ti-. The van der Waals surface area contributed by atoms with Crippen molar-refractivity contribution in [1.29, 1.82) is 0 Å². The van der Waals surface area contributed by atoms with E-state index in [0.29, 0.717) is 0 Å². The van der Waals surface area contributed by atoms with E-state index < -0.39 is 0 Å². The Morgan fingerprint density at radius 3 is 1.37 bits per heavy atom. The zero-order valence-electron chi connectivity index (χ0n) is 13.2. The van der Waals surface area contributed by atoms with E-state index in [1.165, 1.54) is 51.4 Å². The first kappa shape index (κ1) is 31.6. The molecular weight excluding hydrogens is 276 g/mol. The normalized spacial score (nSPS) is 7.32. The molecule has 0 heterocycles. The topological polar surface area (TPSA) is 60.7 Å². The molecule has 0 saturated heterocycles. The van der Waals surface area contributed by atoms with Crippen LogP contribution >= 0.6 is 0 Å². The van der Waals surface area contributed by atoms with E-state index >= 15 is 0 Å². The van der Waals surface area contributed by atoms with Gasteiger partial charge in [-0.05, 0) is 12.8 Å². The number of aliphatic hydroxyl groups excluding tert-OH is 3. The van der Waals surface area contributed by atoms with Gasteiger partial charge in [0.15, 0.2) is 0 Å². The number of aliphatic hydroxyl groups is 3. The Morgan fingerprint density at radius 2 is 1.05 bits per heavy atom. The molecule has 0 unspecified atom stereocenters. The second kappa shape index (κ2) is 51.6. The molecule has 3 nitrogen and oxygen atoms in total. The Labute approximate surface area is 136 Å². The van der Waals surface area contributed by atoms with Gasteiger partial charge in [-0.3, -0.25) is 0 Å². The monoisotopic (exact) mass is 311 g/mol. The smallest absolute Gasteiger partial charge is 0.0319 e. The van der Waals surface area contributed by atoms with Crippen molar-refractivity contribution in [2.75, 3.05) is 21.3 Å². The van der Waals surface area contributed by atoms with Gasteiger partial charge in [0.05, 0.1) is 0 Å². The predicted octanol–water partition coefficient (Wildman–Crippen LogP) is 3.34. The summed E-state index contributed by atoms with van der Waals surface area (Å²) >= 11 is 0. The molecule has 0 aromatic rings. The van der Waals surface area contributed by atoms with Gasteiger partial charge in [0.1, 0.15) is 0 Å². The molecule has 0 aliphatic carbocycles. The summed E-state index contributed by atoms with van der Waals surface area (Å²) in [7, 11) is 3.00. The summed E-state index contributed by atoms with van der Waals surface area (Å²) in [6.07, 6.45) is 14.0. The van der Waals surface area contributed by atoms with E-state index in [1.54, 1.807) is 0 Å². The maximum absolute atomic E-state index is 7.00. The van der Waals surface area contributed by atoms with Crippen molar-refractivity contribution in [2.24, 2.45) is 0 Å². The third-order valence-electron chi connectivity index (χ3n) is 2.16. The fourth-order valence-electron chi connectivity index (χ4n) is 1.35. The molecule has 0 aromatic carbocycles. The Hall–Kier alpha value is 0.334. The molecule has 118 valence electrons. The molecule has 0 bridgehead atoms. The fraction of sp³-hybridized carbons (Fsp3) is 0.800. The van der Waals surface area contributed by atoms with Crippen LogP contribution in [0.15, 0.2) is 12.7 Å². The van der Waals surface area contributed by atoms with E-state index in [9.17, 15) is 0 Å². The van der Waals surface area contributed by atoms with E-state index in [4.69, 9.17) is 15.3 Å². The zero-order chi connectivity index (χ0) is 15.1. The molecule has 0 fully saturated rings. The van der Waals surface area contributed by atoms with Gasteiger partial charge in [0, 0.05) is 43.0 Å². The van der Waals surface area contributed by atoms with Crippen LogP contribution in [0.25, 0.3) is 0 Å². The second-order valence-electron chi connectivity index (χ2n) is 3.41. The van der Waals surface area contributed by atoms with Crippen molar-refractivity contribution in [1.82, 2.24) is 0 Å². The molecule has 19 heavy (non-hydrogen) atoms. The molecule has 3 N–H and O–H groups in total. The number of rotatable bonds is 9. The van der Waals surface area contributed by atoms with Crippen LogP contribution in [0, 0.1) is 6.92 Å². The van der Waals surface area contributed by atoms with Gasteiger partial charge < -0.3 is 22.2 Å². The van der Waals surface area contributed by atoms with Crippen LogP contribution in [0.3, 0.4) is 0 Å². The minimum Gasteiger partial charge on any atom is -0.400 e. The van der Waals surface area contributed by atoms with Crippen molar-refractivity contribution < 1.29 is 37.0 Å². The molecule has 0 aliphatic rings. The summed E-state index contributed by atoms with van der Waals surface area (Å²) in [6.45, 7) is 7.54. The number of allylic oxidation sites excluding steroid dienone is 1. The van der Waals surface area contributed by atoms with Crippen LogP contribution in [0.2, 0.25) is 0 Å². The van der Waals surface area contributed by atoms with E-state index in [0.717, 1.165) is 27.8 Å². The Kier molecular flexibility index (Phi) is 85.9. The van der Waals surface area contributed by atoms with E-state index in [1.807, 2.05) is 6.08 Å². The van der Waals surface area contributed by atoms with Gasteiger partial charge in [-0.2, -0.15) is 6.42 Å². The Morgan fingerprint density at radius 1 is 0.737 bits per heavy atom. The third-order valence-corrected chi connectivity index (χ3v) is 2.16. The SMILES string of the molecule is C=CCCCCCCCCC[CH2-].CO.CO.CO.[Ti]. The van der Waals surface area contributed by atoms with Crippen LogP contribution < -0.4 is 0 Å². The summed E-state index contributed by atoms with van der Waals surface area (Å²) < 4.78 is 0. The first-order valence-corrected chi connectivity index (χ1v) is 6.66. The third kappa shape index (κ3) is 56.1. The van der Waals surface area contributed by atoms with Crippen molar-refractivity contribution in [3.63, 3.8) is 0 Å². The number of hydrogen-bond acceptors (Lipinski definition) is 3. The summed E-state index contributed by atoms with van der Waals surface area (Å²) in [5, 5.41) is 21.0. The Balaban J connectivity index is -0.0000000816. The van der Waals surface area contributed by atoms with E-state index in [2.05, 4.69) is 13.5 Å². The van der Waals surface area contributed by atoms with Crippen molar-refractivity contribution in [3.8, 4) is 0 Å². The fourth-order valence-corrected chi connectivity index (χ4v) is 1.35. The molecule has 0 saturated carbocycles. The van der Waals surface area contributed by atoms with Crippen LogP contribution in [0.1, 0.15) is 57.8 Å². The maximum atomic E-state index is 7.00. The first-order valence-electron chi connectivity index (χ1n) is 6.66. The number of hydrogen-bond donors (Lipinski definition) is 3. The summed E-state index contributed by atoms with van der Waals surface area (Å²) in [5.74, 6) is 0. The molecule has 0 rings (SSSR count). The molecule has 0 aliphatic heterocycles. The molecule has 0 spiro atoms. The standard InChI is InChI=1S/C12H23.3CH4O.Ti/c1-3-5-7-9-11-12-10-8-6-4-2;3*1-2;/h3H,1-2,4-12H2;3*2H,1H3;/q-1;;;;. The van der Waals surface area contributed by atoms with Gasteiger partial charge in [-0.25, -0.2) is 0 Å². The van der Waals surface area contributed by atoms with Crippen molar-refractivity contribution in [3.05, 3.63) is 19.6 Å². The van der Waals surface area contributed by atoms with Crippen LogP contribution in [-0.4, -0.2) is 36.6 Å². The molecule has 0 aromatic heterocycles. The largest absolute Gasteiger partial charge is 0.400 e. The van der Waals surface area contributed by atoms with Crippen molar-refractivity contribution >= 4 is 0 Å². The molecule has 4 heteroatoms. The minimum atomic E-state index is 0. The quantitative estimate of drug-likeness (QED) is 0.265. The van der Waals surface area contributed by atoms with Gasteiger partial charge in [-0.15, -0.1) is 6.58 Å². The van der Waals surface area contributed by atoms with Gasteiger partial charge in [0.25, 0.3) is 0 Å². The van der Waals surface area contributed by atoms with E-state index in [-0.39, 0.29) is 21.7 Å². The average molecular weight is 311 g/mol.